The molecule has 0 atom stereocenters. The number of nitrogens with zero attached hydrogens (tertiary/aromatic N) is 2. The predicted octanol–water partition coefficient (Wildman–Crippen LogP) is -0.0638. The van der Waals surface area contributed by atoms with Crippen LogP contribution in [0, 0.1) is 0 Å². The molecule has 2 aliphatic rings. The van der Waals surface area contributed by atoms with E-state index in [0.717, 1.165) is 31.9 Å². The third-order valence-electron chi connectivity index (χ3n) is 3.01. The topological polar surface area (TPSA) is 56.7 Å². The lowest BCUT2D eigenvalue weighted by atomic mass is 10.4. The highest BCUT2D eigenvalue weighted by Gasteiger charge is 2.23. The lowest BCUT2D eigenvalue weighted by Crippen LogP contribution is -2.44. The lowest BCUT2D eigenvalue weighted by Gasteiger charge is -2.17. The number of likely N-dealkylation sites (tertiary alicyclic amines) is 1. The van der Waals surface area contributed by atoms with Crippen LogP contribution in [0.5, 0.6) is 0 Å². The Morgan fingerprint density at radius 1 is 1.38 bits per heavy atom. The molecule has 0 bridgehead atoms. The first-order chi connectivity index (χ1) is 7.79. The summed E-state index contributed by atoms with van der Waals surface area (Å²) >= 11 is 0. The molecule has 5 heteroatoms. The van der Waals surface area contributed by atoms with Crippen molar-refractivity contribution in [3.05, 3.63) is 0 Å². The van der Waals surface area contributed by atoms with Gasteiger partial charge in [-0.2, -0.15) is 0 Å². The minimum absolute atomic E-state index is 0.177. The van der Waals surface area contributed by atoms with Crippen molar-refractivity contribution in [3.63, 3.8) is 0 Å². The lowest BCUT2D eigenvalue weighted by molar-refractivity contribution is -0.128. The molecule has 1 saturated heterocycles. The zero-order valence-electron chi connectivity index (χ0n) is 9.83. The number of rotatable bonds is 3. The Bertz CT molecular complexity index is 280. The van der Waals surface area contributed by atoms with E-state index >= 15 is 0 Å². The summed E-state index contributed by atoms with van der Waals surface area (Å²) in [6.45, 7) is 2.18. The Morgan fingerprint density at radius 3 is 2.62 bits per heavy atom. The number of guanidine groups is 1. The summed E-state index contributed by atoms with van der Waals surface area (Å²) in [6, 6.07) is 0.563. The second-order valence-electron chi connectivity index (χ2n) is 4.43. The number of amides is 1. The van der Waals surface area contributed by atoms with Crippen LogP contribution in [0.25, 0.3) is 0 Å². The highest BCUT2D eigenvalue weighted by molar-refractivity contribution is 5.86. The van der Waals surface area contributed by atoms with Gasteiger partial charge in [0, 0.05) is 26.2 Å². The maximum Gasteiger partial charge on any atom is 0.241 e. The fourth-order valence-corrected chi connectivity index (χ4v) is 1.85. The Hall–Kier alpha value is -1.26. The summed E-state index contributed by atoms with van der Waals surface area (Å²) in [5.74, 6) is 0.922. The molecular formula is C11H20N4O. The fraction of sp³-hybridized carbons (Fsp3) is 0.818. The fourth-order valence-electron chi connectivity index (χ4n) is 1.85. The van der Waals surface area contributed by atoms with Gasteiger partial charge < -0.3 is 15.5 Å². The third kappa shape index (κ3) is 3.12. The van der Waals surface area contributed by atoms with Crippen molar-refractivity contribution in [3.8, 4) is 0 Å². The Labute approximate surface area is 96.3 Å². The van der Waals surface area contributed by atoms with Crippen molar-refractivity contribution in [2.45, 2.75) is 31.7 Å². The smallest absolute Gasteiger partial charge is 0.241 e. The second-order valence-corrected chi connectivity index (χ2v) is 4.43. The van der Waals surface area contributed by atoms with E-state index in [1.165, 1.54) is 12.8 Å². The van der Waals surface area contributed by atoms with E-state index in [1.54, 1.807) is 7.05 Å². The van der Waals surface area contributed by atoms with Crippen molar-refractivity contribution in [2.75, 3.05) is 26.7 Å². The van der Waals surface area contributed by atoms with Crippen LogP contribution < -0.4 is 10.6 Å². The highest BCUT2D eigenvalue weighted by Crippen LogP contribution is 2.18. The van der Waals surface area contributed by atoms with E-state index in [2.05, 4.69) is 15.6 Å². The van der Waals surface area contributed by atoms with E-state index in [0.29, 0.717) is 12.6 Å². The Balaban J connectivity index is 1.69. The van der Waals surface area contributed by atoms with Gasteiger partial charge in [-0.25, -0.2) is 0 Å². The van der Waals surface area contributed by atoms with Gasteiger partial charge in [0.05, 0.1) is 6.54 Å². The molecule has 90 valence electrons. The normalized spacial score (nSPS) is 21.1. The van der Waals surface area contributed by atoms with E-state index in [4.69, 9.17) is 0 Å². The van der Waals surface area contributed by atoms with Gasteiger partial charge in [0.1, 0.15) is 0 Å². The molecule has 0 spiro atoms. The van der Waals surface area contributed by atoms with Crippen LogP contribution in [-0.2, 0) is 4.79 Å². The molecule has 0 aromatic carbocycles. The van der Waals surface area contributed by atoms with Gasteiger partial charge >= 0.3 is 0 Å². The van der Waals surface area contributed by atoms with Crippen LogP contribution in [0.3, 0.4) is 0 Å². The molecule has 2 fully saturated rings. The molecule has 5 nitrogen and oxygen atoms in total. The number of carbonyl (C=O) groups is 1. The van der Waals surface area contributed by atoms with E-state index in [9.17, 15) is 4.79 Å². The number of hydrogen-bond acceptors (Lipinski definition) is 2. The third-order valence-corrected chi connectivity index (χ3v) is 3.01. The summed E-state index contributed by atoms with van der Waals surface area (Å²) in [5.41, 5.74) is 0. The van der Waals surface area contributed by atoms with Crippen LogP contribution in [0.2, 0.25) is 0 Å². The number of nitrogens with one attached hydrogen (secondary N) is 2. The molecular weight excluding hydrogens is 204 g/mol. The van der Waals surface area contributed by atoms with Crippen molar-refractivity contribution in [1.29, 1.82) is 0 Å². The van der Waals surface area contributed by atoms with Gasteiger partial charge in [-0.1, -0.05) is 0 Å². The quantitative estimate of drug-likeness (QED) is 0.521. The molecule has 1 heterocycles. The Kier molecular flexibility index (Phi) is 3.64. The zero-order chi connectivity index (χ0) is 11.4. The van der Waals surface area contributed by atoms with Gasteiger partial charge in [-0.05, 0) is 25.7 Å². The van der Waals surface area contributed by atoms with Gasteiger partial charge in [-0.3, -0.25) is 9.79 Å². The number of hydrogen-bond donors (Lipinski definition) is 2. The highest BCUT2D eigenvalue weighted by atomic mass is 16.2. The second kappa shape index (κ2) is 5.18. The predicted molar refractivity (Wildman–Crippen MR) is 63.3 cm³/mol. The van der Waals surface area contributed by atoms with Crippen molar-refractivity contribution < 1.29 is 4.79 Å². The van der Waals surface area contributed by atoms with Gasteiger partial charge in [-0.15, -0.1) is 0 Å². The first-order valence-corrected chi connectivity index (χ1v) is 6.04. The van der Waals surface area contributed by atoms with Gasteiger partial charge in [0.2, 0.25) is 5.91 Å². The molecule has 16 heavy (non-hydrogen) atoms. The molecule has 1 amide bonds. The molecule has 2 rings (SSSR count). The largest absolute Gasteiger partial charge is 0.354 e. The zero-order valence-corrected chi connectivity index (χ0v) is 9.83. The summed E-state index contributed by atoms with van der Waals surface area (Å²) in [5, 5.41) is 6.32. The molecule has 1 aliphatic carbocycles. The molecule has 2 N–H and O–H groups in total. The molecule has 0 aromatic heterocycles. The van der Waals surface area contributed by atoms with E-state index in [1.807, 2.05) is 4.90 Å². The standard InChI is InChI=1S/C11H20N4O/c1-12-11(14-9-4-5-9)13-8-10(16)15-6-2-3-7-15/h9H,2-8H2,1H3,(H2,12,13,14). The number of aliphatic imine (C=N–C) groups is 1. The van der Waals surface area contributed by atoms with E-state index in [-0.39, 0.29) is 5.91 Å². The average Bonchev–Trinajstić information content (AvgIpc) is 2.94. The van der Waals surface area contributed by atoms with Crippen molar-refractivity contribution in [2.24, 2.45) is 4.99 Å². The molecule has 0 aromatic rings. The minimum Gasteiger partial charge on any atom is -0.354 e. The summed E-state index contributed by atoms with van der Waals surface area (Å²) in [6.07, 6.45) is 4.70. The first-order valence-electron chi connectivity index (χ1n) is 6.04. The summed E-state index contributed by atoms with van der Waals surface area (Å²) < 4.78 is 0. The average molecular weight is 224 g/mol. The summed E-state index contributed by atoms with van der Waals surface area (Å²) in [4.78, 5) is 17.8. The first kappa shape index (κ1) is 11.2. The molecule has 0 radical (unpaired) electrons. The Morgan fingerprint density at radius 2 is 2.06 bits per heavy atom. The van der Waals surface area contributed by atoms with Crippen molar-refractivity contribution >= 4 is 11.9 Å². The molecule has 1 aliphatic heterocycles. The number of carbonyl (C=O) groups excluding carboxylic acids is 1. The van der Waals surface area contributed by atoms with Crippen LogP contribution in [0.1, 0.15) is 25.7 Å². The maximum absolute atomic E-state index is 11.7. The minimum atomic E-state index is 0.177. The van der Waals surface area contributed by atoms with Crippen LogP contribution in [0.4, 0.5) is 0 Å². The van der Waals surface area contributed by atoms with Crippen LogP contribution in [0.15, 0.2) is 4.99 Å². The summed E-state index contributed by atoms with van der Waals surface area (Å²) in [7, 11) is 1.73. The molecule has 0 unspecified atom stereocenters. The van der Waals surface area contributed by atoms with Crippen LogP contribution >= 0.6 is 0 Å². The monoisotopic (exact) mass is 224 g/mol. The SMILES string of the molecule is CN=C(NCC(=O)N1CCCC1)NC1CC1. The maximum atomic E-state index is 11.7. The van der Waals surface area contributed by atoms with E-state index < -0.39 is 0 Å². The molecule has 1 saturated carbocycles. The van der Waals surface area contributed by atoms with Gasteiger partial charge in [0.15, 0.2) is 5.96 Å². The van der Waals surface area contributed by atoms with Crippen molar-refractivity contribution in [1.82, 2.24) is 15.5 Å². The van der Waals surface area contributed by atoms with Crippen LogP contribution in [-0.4, -0.2) is 49.5 Å². The van der Waals surface area contributed by atoms with Gasteiger partial charge in [0.25, 0.3) is 0 Å².